The molecule has 6 nitrogen and oxygen atoms in total. The van der Waals surface area contributed by atoms with E-state index in [2.05, 4.69) is 59.9 Å². The van der Waals surface area contributed by atoms with Crippen LogP contribution < -0.4 is 0 Å². The van der Waals surface area contributed by atoms with Gasteiger partial charge in [-0.3, -0.25) is 4.79 Å². The first-order chi connectivity index (χ1) is 18.6. The van der Waals surface area contributed by atoms with Gasteiger partial charge in [-0.1, -0.05) is 32.8 Å². The molecule has 2 heterocycles. The van der Waals surface area contributed by atoms with E-state index < -0.39 is 35.9 Å². The normalized spacial score (nSPS) is 41.1. The second-order valence-corrected chi connectivity index (χ2v) is 19.2. The van der Waals surface area contributed by atoms with Gasteiger partial charge in [-0.05, 0) is 70.8 Å². The van der Waals surface area contributed by atoms with E-state index in [-0.39, 0.29) is 24.5 Å². The summed E-state index contributed by atoms with van der Waals surface area (Å²) in [6.07, 6.45) is 12.2. The molecule has 1 amide bonds. The van der Waals surface area contributed by atoms with Crippen LogP contribution in [0.4, 0.5) is 4.79 Å². The molecule has 0 aromatic carbocycles. The highest BCUT2D eigenvalue weighted by molar-refractivity contribution is 7.83. The van der Waals surface area contributed by atoms with E-state index in [0.29, 0.717) is 31.1 Å². The number of allylic oxidation sites excluding steroid dienone is 1. The summed E-state index contributed by atoms with van der Waals surface area (Å²) >= 11 is 0. The maximum Gasteiger partial charge on any atom is 0.410 e. The van der Waals surface area contributed by atoms with Gasteiger partial charge in [-0.2, -0.15) is 0 Å². The van der Waals surface area contributed by atoms with Crippen LogP contribution in [-0.4, -0.2) is 86.0 Å². The molecule has 0 aromatic heterocycles. The van der Waals surface area contributed by atoms with E-state index in [4.69, 9.17) is 20.6 Å². The molecular weight excluding hydrogens is 521 g/mol. The van der Waals surface area contributed by atoms with Gasteiger partial charge in [0.15, 0.2) is 0 Å². The minimum Gasteiger partial charge on any atom is -0.441 e. The molecule has 4 aliphatic rings. The molecule has 3 fully saturated rings. The SMILES string of the molecule is C#CCN(C)C(=O)OC1C(C)=CC2(CC1(C)C1CCCOC(C)(C)CO1)C(=O)C(C)[C@H]1C(CCC[C@H]2C)[P+]1(C)C. The molecule has 0 aromatic rings. The Hall–Kier alpha value is -1.41. The molecule has 7 heteroatoms. The number of carbonyl (C=O) groups is 2. The second-order valence-electron chi connectivity index (χ2n) is 14.7. The molecule has 0 radical (unpaired) electrons. The molecular formula is C33H53NO5P+. The number of ketones is 1. The molecule has 1 spiro atoms. The van der Waals surface area contributed by atoms with Crippen LogP contribution in [0.1, 0.15) is 80.1 Å². The van der Waals surface area contributed by atoms with E-state index in [1.807, 2.05) is 6.92 Å². The molecule has 2 aliphatic heterocycles. The summed E-state index contributed by atoms with van der Waals surface area (Å²) in [5.74, 6) is 3.15. The summed E-state index contributed by atoms with van der Waals surface area (Å²) < 4.78 is 19.0. The first-order valence-electron chi connectivity index (χ1n) is 15.3. The Morgan fingerprint density at radius 1 is 1.20 bits per heavy atom. The zero-order valence-electron chi connectivity index (χ0n) is 26.4. The van der Waals surface area contributed by atoms with Crippen LogP contribution in [0.3, 0.4) is 0 Å². The van der Waals surface area contributed by atoms with Crippen molar-refractivity contribution in [3.05, 3.63) is 11.6 Å². The van der Waals surface area contributed by atoms with Gasteiger partial charge >= 0.3 is 6.09 Å². The Morgan fingerprint density at radius 2 is 1.90 bits per heavy atom. The number of carbonyl (C=O) groups excluding carboxylic acids is 2. The summed E-state index contributed by atoms with van der Waals surface area (Å²) in [6, 6.07) is 0. The third-order valence-electron chi connectivity index (χ3n) is 10.8. The Balaban J connectivity index is 1.79. The van der Waals surface area contributed by atoms with Crippen LogP contribution in [0.25, 0.3) is 0 Å². The zero-order valence-corrected chi connectivity index (χ0v) is 27.3. The number of Topliss-reactive ketones (excluding diaryl/α,β-unsaturated/α-hetero) is 1. The highest BCUT2D eigenvalue weighted by atomic mass is 31.2. The lowest BCUT2D eigenvalue weighted by Gasteiger charge is -2.54. The molecule has 0 N–H and O–H groups in total. The largest absolute Gasteiger partial charge is 0.441 e. The van der Waals surface area contributed by atoms with Crippen LogP contribution in [0.5, 0.6) is 0 Å². The fraction of sp³-hybridized carbons (Fsp3) is 0.818. The molecule has 2 saturated heterocycles. The Morgan fingerprint density at radius 3 is 2.58 bits per heavy atom. The highest BCUT2D eigenvalue weighted by Gasteiger charge is 2.71. The molecule has 4 rings (SSSR count). The summed E-state index contributed by atoms with van der Waals surface area (Å²) in [5, 5.41) is 0. The molecule has 40 heavy (non-hydrogen) atoms. The monoisotopic (exact) mass is 574 g/mol. The predicted molar refractivity (Wildman–Crippen MR) is 163 cm³/mol. The van der Waals surface area contributed by atoms with Gasteiger partial charge in [0.2, 0.25) is 0 Å². The van der Waals surface area contributed by atoms with Crippen LogP contribution >= 0.6 is 7.26 Å². The minimum atomic E-state index is -1.07. The van der Waals surface area contributed by atoms with Crippen LogP contribution in [0.2, 0.25) is 0 Å². The molecule has 224 valence electrons. The smallest absolute Gasteiger partial charge is 0.410 e. The van der Waals surface area contributed by atoms with Crippen LogP contribution in [0, 0.1) is 35.0 Å². The first kappa shape index (κ1) is 31.5. The number of hydrogen-bond donors (Lipinski definition) is 0. The van der Waals surface area contributed by atoms with Crippen molar-refractivity contribution in [3.8, 4) is 12.3 Å². The predicted octanol–water partition coefficient (Wildman–Crippen LogP) is 6.43. The number of nitrogens with zero attached hydrogens (tertiary/aromatic N) is 1. The van der Waals surface area contributed by atoms with Crippen LogP contribution in [0.15, 0.2) is 11.6 Å². The van der Waals surface area contributed by atoms with E-state index in [9.17, 15) is 9.59 Å². The van der Waals surface area contributed by atoms with Crippen molar-refractivity contribution < 1.29 is 23.8 Å². The number of hydrogen-bond acceptors (Lipinski definition) is 5. The van der Waals surface area contributed by atoms with E-state index in [0.717, 1.165) is 36.9 Å². The van der Waals surface area contributed by atoms with Crippen molar-refractivity contribution in [2.75, 3.05) is 40.1 Å². The van der Waals surface area contributed by atoms with Crippen molar-refractivity contribution in [1.82, 2.24) is 4.90 Å². The third-order valence-corrected chi connectivity index (χ3v) is 15.1. The van der Waals surface area contributed by atoms with Gasteiger partial charge in [0.05, 0.1) is 36.2 Å². The standard InChI is InChI=1S/C33H53NO5P/c1-11-17-34(8)30(36)39-29-22(2)19-33(20-32(29,7)26-16-13-18-38-31(5,6)21-37-26)23(3)14-12-15-25-27(40(25,9)10)24(4)28(33)35/h1,19,23-27,29H,12-18,20-21H2,2-10H3/q+1/t23-,24?,25?,26?,27+,29?,32?,33?/m1/s1. The molecule has 2 aliphatic carbocycles. The number of rotatable bonds is 3. The minimum absolute atomic E-state index is 0.0358. The third kappa shape index (κ3) is 5.65. The van der Waals surface area contributed by atoms with Gasteiger partial charge in [0.25, 0.3) is 0 Å². The van der Waals surface area contributed by atoms with Gasteiger partial charge in [-0.15, -0.1) is 6.42 Å². The van der Waals surface area contributed by atoms with Crippen molar-refractivity contribution >= 4 is 19.1 Å². The fourth-order valence-corrected chi connectivity index (χ4v) is 13.2. The van der Waals surface area contributed by atoms with E-state index in [1.54, 1.807) is 7.05 Å². The van der Waals surface area contributed by atoms with Crippen molar-refractivity contribution in [1.29, 1.82) is 0 Å². The molecule has 0 bridgehead atoms. The quantitative estimate of drug-likeness (QED) is 0.221. The van der Waals surface area contributed by atoms with E-state index >= 15 is 0 Å². The summed E-state index contributed by atoms with van der Waals surface area (Å²) in [5.41, 5.74) is 0.601. The highest BCUT2D eigenvalue weighted by Crippen LogP contribution is 2.83. The topological polar surface area (TPSA) is 65.1 Å². The average molecular weight is 575 g/mol. The lowest BCUT2D eigenvalue weighted by atomic mass is 9.53. The van der Waals surface area contributed by atoms with Gasteiger partial charge in [0, 0.05) is 39.7 Å². The number of fused-ring (bicyclic) bond motifs is 1. The van der Waals surface area contributed by atoms with E-state index in [1.165, 1.54) is 11.3 Å². The summed E-state index contributed by atoms with van der Waals surface area (Å²) in [6.45, 7) is 19.0. The Labute approximate surface area is 243 Å². The molecule has 1 saturated carbocycles. The van der Waals surface area contributed by atoms with Crippen molar-refractivity contribution in [2.45, 2.75) is 109 Å². The van der Waals surface area contributed by atoms with Crippen molar-refractivity contribution in [3.63, 3.8) is 0 Å². The number of ether oxygens (including phenoxy) is 3. The van der Waals surface area contributed by atoms with Gasteiger partial charge < -0.3 is 19.1 Å². The number of amides is 1. The Kier molecular flexibility index (Phi) is 8.94. The summed E-state index contributed by atoms with van der Waals surface area (Å²) in [7, 11) is 0.593. The zero-order chi connectivity index (χ0) is 29.7. The second kappa shape index (κ2) is 11.3. The average Bonchev–Trinajstić information content (AvgIpc) is 3.41. The lowest BCUT2D eigenvalue weighted by molar-refractivity contribution is -0.173. The number of terminal acetylenes is 1. The first-order valence-corrected chi connectivity index (χ1v) is 18.1. The van der Waals surface area contributed by atoms with Crippen molar-refractivity contribution in [2.24, 2.45) is 22.7 Å². The maximum atomic E-state index is 14.8. The van der Waals surface area contributed by atoms with Gasteiger partial charge in [-0.25, -0.2) is 4.79 Å². The molecule has 6 unspecified atom stereocenters. The van der Waals surface area contributed by atoms with Gasteiger partial charge in [0.1, 0.15) is 23.2 Å². The van der Waals surface area contributed by atoms with Crippen LogP contribution in [-0.2, 0) is 19.0 Å². The summed E-state index contributed by atoms with van der Waals surface area (Å²) in [4.78, 5) is 29.4. The lowest BCUT2D eigenvalue weighted by Crippen LogP contribution is -2.57. The molecule has 8 atom stereocenters. The fourth-order valence-electron chi connectivity index (χ4n) is 8.53. The Bertz CT molecular complexity index is 1060. The maximum absolute atomic E-state index is 14.8.